The fourth-order valence-electron chi connectivity index (χ4n) is 1.84. The summed E-state index contributed by atoms with van der Waals surface area (Å²) in [5.41, 5.74) is -0.0154. The number of anilines is 1. The Kier molecular flexibility index (Phi) is 5.75. The Hall–Kier alpha value is -2.61. The third-order valence-corrected chi connectivity index (χ3v) is 4.30. The molecule has 8 heteroatoms. The van der Waals surface area contributed by atoms with Crippen LogP contribution in [-0.4, -0.2) is 24.1 Å². The van der Waals surface area contributed by atoms with Gasteiger partial charge in [-0.05, 0) is 37.6 Å². The third kappa shape index (κ3) is 4.69. The maximum absolute atomic E-state index is 13.0. The van der Waals surface area contributed by atoms with Crippen molar-refractivity contribution in [3.8, 4) is 0 Å². The van der Waals surface area contributed by atoms with E-state index in [1.807, 2.05) is 0 Å². The summed E-state index contributed by atoms with van der Waals surface area (Å²) in [6, 6.07) is 6.29. The Morgan fingerprint density at radius 2 is 1.79 bits per heavy atom. The van der Waals surface area contributed by atoms with Gasteiger partial charge in [-0.15, -0.1) is 11.3 Å². The van der Waals surface area contributed by atoms with Crippen LogP contribution in [0.25, 0.3) is 0 Å². The standard InChI is InChI=1S/C16H14F2N2O3S/c1-9(21)14-5-3-11(24-14)6-7-19-15(22)16(23)20-10-2-4-12(17)13(18)8-10/h2-5,8H,6-7H2,1H3,(H,19,22)(H,20,23). The number of halogens is 2. The van der Waals surface area contributed by atoms with Crippen molar-refractivity contribution >= 4 is 34.6 Å². The van der Waals surface area contributed by atoms with E-state index in [4.69, 9.17) is 0 Å². The molecular weight excluding hydrogens is 338 g/mol. The van der Waals surface area contributed by atoms with Crippen LogP contribution < -0.4 is 10.6 Å². The molecule has 0 bridgehead atoms. The third-order valence-electron chi connectivity index (χ3n) is 3.05. The summed E-state index contributed by atoms with van der Waals surface area (Å²) in [4.78, 5) is 36.0. The van der Waals surface area contributed by atoms with E-state index in [-0.39, 0.29) is 18.0 Å². The van der Waals surface area contributed by atoms with Crippen molar-refractivity contribution in [3.05, 3.63) is 51.7 Å². The molecule has 0 aliphatic carbocycles. The number of ketones is 1. The van der Waals surface area contributed by atoms with Gasteiger partial charge < -0.3 is 10.6 Å². The first-order valence-electron chi connectivity index (χ1n) is 7.00. The molecule has 1 heterocycles. The van der Waals surface area contributed by atoms with Crippen LogP contribution in [0.15, 0.2) is 30.3 Å². The van der Waals surface area contributed by atoms with Gasteiger partial charge in [-0.2, -0.15) is 0 Å². The van der Waals surface area contributed by atoms with Crippen molar-refractivity contribution in [3.63, 3.8) is 0 Å². The maximum Gasteiger partial charge on any atom is 0.313 e. The summed E-state index contributed by atoms with van der Waals surface area (Å²) in [5, 5.41) is 4.60. The van der Waals surface area contributed by atoms with Crippen molar-refractivity contribution in [2.45, 2.75) is 13.3 Å². The van der Waals surface area contributed by atoms with Gasteiger partial charge in [-0.25, -0.2) is 8.78 Å². The van der Waals surface area contributed by atoms with Crippen molar-refractivity contribution in [2.75, 3.05) is 11.9 Å². The summed E-state index contributed by atoms with van der Waals surface area (Å²) in [7, 11) is 0. The van der Waals surface area contributed by atoms with E-state index in [2.05, 4.69) is 10.6 Å². The summed E-state index contributed by atoms with van der Waals surface area (Å²) in [5.74, 6) is -4.05. The van der Waals surface area contributed by atoms with E-state index in [0.29, 0.717) is 11.3 Å². The second-order valence-corrected chi connectivity index (χ2v) is 6.08. The van der Waals surface area contributed by atoms with E-state index < -0.39 is 23.4 Å². The van der Waals surface area contributed by atoms with E-state index in [1.165, 1.54) is 18.3 Å². The maximum atomic E-state index is 13.0. The number of Topliss-reactive ketones (excluding diaryl/α,β-unsaturated/α-hetero) is 1. The predicted molar refractivity (Wildman–Crippen MR) is 86.0 cm³/mol. The molecule has 0 aliphatic heterocycles. The lowest BCUT2D eigenvalue weighted by Crippen LogP contribution is -2.36. The highest BCUT2D eigenvalue weighted by Crippen LogP contribution is 2.17. The smallest absolute Gasteiger partial charge is 0.313 e. The lowest BCUT2D eigenvalue weighted by molar-refractivity contribution is -0.136. The zero-order chi connectivity index (χ0) is 17.7. The number of hydrogen-bond acceptors (Lipinski definition) is 4. The van der Waals surface area contributed by atoms with Gasteiger partial charge in [0.1, 0.15) is 0 Å². The number of nitrogens with one attached hydrogen (secondary N) is 2. The van der Waals surface area contributed by atoms with Gasteiger partial charge in [0.15, 0.2) is 17.4 Å². The lowest BCUT2D eigenvalue weighted by atomic mass is 10.3. The number of hydrogen-bond donors (Lipinski definition) is 2. The van der Waals surface area contributed by atoms with Crippen LogP contribution in [0.4, 0.5) is 14.5 Å². The predicted octanol–water partition coefficient (Wildman–Crippen LogP) is 2.53. The molecule has 0 unspecified atom stereocenters. The first-order valence-corrected chi connectivity index (χ1v) is 7.82. The molecule has 0 fully saturated rings. The fraction of sp³-hybridized carbons (Fsp3) is 0.188. The highest BCUT2D eigenvalue weighted by atomic mass is 32.1. The minimum absolute atomic E-state index is 0.0154. The minimum atomic E-state index is -1.12. The fourth-order valence-corrected chi connectivity index (χ4v) is 2.75. The molecular formula is C16H14F2N2O3S. The van der Waals surface area contributed by atoms with Crippen LogP contribution in [-0.2, 0) is 16.0 Å². The molecule has 1 aromatic heterocycles. The Bertz CT molecular complexity index is 789. The minimum Gasteiger partial charge on any atom is -0.347 e. The van der Waals surface area contributed by atoms with Crippen LogP contribution in [0.1, 0.15) is 21.5 Å². The highest BCUT2D eigenvalue weighted by Gasteiger charge is 2.14. The SMILES string of the molecule is CC(=O)c1ccc(CCNC(=O)C(=O)Nc2ccc(F)c(F)c2)s1. The van der Waals surface area contributed by atoms with Crippen LogP contribution in [0.3, 0.4) is 0 Å². The quantitative estimate of drug-likeness (QED) is 0.641. The lowest BCUT2D eigenvalue weighted by Gasteiger charge is -2.06. The molecule has 0 atom stereocenters. The average molecular weight is 352 g/mol. The van der Waals surface area contributed by atoms with Gasteiger partial charge in [0.05, 0.1) is 4.88 Å². The molecule has 0 radical (unpaired) electrons. The van der Waals surface area contributed by atoms with Gasteiger partial charge in [0.25, 0.3) is 0 Å². The summed E-state index contributed by atoms with van der Waals surface area (Å²) in [6.07, 6.45) is 0.474. The van der Waals surface area contributed by atoms with Gasteiger partial charge in [-0.1, -0.05) is 0 Å². The van der Waals surface area contributed by atoms with Crippen molar-refractivity contribution < 1.29 is 23.2 Å². The monoisotopic (exact) mass is 352 g/mol. The Balaban J connectivity index is 1.81. The molecule has 0 spiro atoms. The molecule has 2 rings (SSSR count). The van der Waals surface area contributed by atoms with E-state index >= 15 is 0 Å². The van der Waals surface area contributed by atoms with Crippen LogP contribution in [0, 0.1) is 11.6 Å². The van der Waals surface area contributed by atoms with E-state index in [9.17, 15) is 23.2 Å². The van der Waals surface area contributed by atoms with E-state index in [1.54, 1.807) is 12.1 Å². The first-order chi connectivity index (χ1) is 11.4. The van der Waals surface area contributed by atoms with Crippen LogP contribution in [0.5, 0.6) is 0 Å². The molecule has 24 heavy (non-hydrogen) atoms. The molecule has 126 valence electrons. The summed E-state index contributed by atoms with van der Waals surface area (Å²) < 4.78 is 25.8. The van der Waals surface area contributed by atoms with Gasteiger partial charge >= 0.3 is 11.8 Å². The van der Waals surface area contributed by atoms with Gasteiger partial charge in [0, 0.05) is 23.2 Å². The Labute approximate surface area is 140 Å². The second-order valence-electron chi connectivity index (χ2n) is 4.91. The first kappa shape index (κ1) is 17.7. The molecule has 0 saturated carbocycles. The Morgan fingerprint density at radius 3 is 2.42 bits per heavy atom. The van der Waals surface area contributed by atoms with Crippen LogP contribution >= 0.6 is 11.3 Å². The molecule has 0 saturated heterocycles. The number of carbonyl (C=O) groups is 3. The molecule has 2 aromatic rings. The van der Waals surface area contributed by atoms with Crippen molar-refractivity contribution in [1.82, 2.24) is 5.32 Å². The van der Waals surface area contributed by atoms with Crippen molar-refractivity contribution in [1.29, 1.82) is 0 Å². The van der Waals surface area contributed by atoms with Crippen molar-refractivity contribution in [2.24, 2.45) is 0 Å². The Morgan fingerprint density at radius 1 is 1.04 bits per heavy atom. The summed E-state index contributed by atoms with van der Waals surface area (Å²) in [6.45, 7) is 1.68. The number of benzene rings is 1. The van der Waals surface area contributed by atoms with Gasteiger partial charge in [0.2, 0.25) is 0 Å². The molecule has 2 N–H and O–H groups in total. The topological polar surface area (TPSA) is 75.3 Å². The number of rotatable bonds is 5. The number of carbonyl (C=O) groups excluding carboxylic acids is 3. The molecule has 0 aliphatic rings. The zero-order valence-electron chi connectivity index (χ0n) is 12.7. The number of thiophene rings is 1. The normalized spacial score (nSPS) is 10.3. The zero-order valence-corrected chi connectivity index (χ0v) is 13.5. The number of amides is 2. The summed E-state index contributed by atoms with van der Waals surface area (Å²) >= 11 is 1.33. The highest BCUT2D eigenvalue weighted by molar-refractivity contribution is 7.14. The van der Waals surface area contributed by atoms with Crippen LogP contribution in [0.2, 0.25) is 0 Å². The molecule has 1 aromatic carbocycles. The molecule has 5 nitrogen and oxygen atoms in total. The largest absolute Gasteiger partial charge is 0.347 e. The molecule has 2 amide bonds. The average Bonchev–Trinajstić information content (AvgIpc) is 3.00. The second kappa shape index (κ2) is 7.78. The van der Waals surface area contributed by atoms with E-state index in [0.717, 1.165) is 23.1 Å². The van der Waals surface area contributed by atoms with Gasteiger partial charge in [-0.3, -0.25) is 14.4 Å².